The Kier molecular flexibility index (Phi) is 44.0. The average molecular weight is 809 g/mol. The number of carbonyl (C=O) groups is 3. The summed E-state index contributed by atoms with van der Waals surface area (Å²) in [5.74, 6) is -0.978. The molecule has 6 nitrogen and oxygen atoms in total. The van der Waals surface area contributed by atoms with Crippen molar-refractivity contribution in [1.29, 1.82) is 0 Å². The Morgan fingerprint density at radius 1 is 0.379 bits per heavy atom. The topological polar surface area (TPSA) is 78.9 Å². The summed E-state index contributed by atoms with van der Waals surface area (Å²) in [7, 11) is 0. The summed E-state index contributed by atoms with van der Waals surface area (Å²) >= 11 is 0. The van der Waals surface area contributed by atoms with Gasteiger partial charge in [-0.1, -0.05) is 209 Å². The van der Waals surface area contributed by atoms with E-state index in [1.54, 1.807) is 0 Å². The number of ether oxygens (including phenoxy) is 3. The highest BCUT2D eigenvalue weighted by atomic mass is 16.6. The first kappa shape index (κ1) is 54.9. The molecule has 0 aromatic carbocycles. The van der Waals surface area contributed by atoms with Gasteiger partial charge in [-0.25, -0.2) is 0 Å². The molecular weight excluding hydrogens is 721 g/mol. The number of rotatable bonds is 42. The molecule has 0 aliphatic carbocycles. The van der Waals surface area contributed by atoms with E-state index in [-0.39, 0.29) is 37.5 Å². The molecule has 0 aliphatic rings. The maximum absolute atomic E-state index is 12.7. The lowest BCUT2D eigenvalue weighted by Crippen LogP contribution is -2.30. The van der Waals surface area contributed by atoms with Gasteiger partial charge in [0.1, 0.15) is 13.2 Å². The zero-order chi connectivity index (χ0) is 42.3. The highest BCUT2D eigenvalue weighted by molar-refractivity contribution is 5.71. The first-order chi connectivity index (χ1) is 28.5. The van der Waals surface area contributed by atoms with E-state index in [2.05, 4.69) is 93.7 Å². The molecule has 1 atom stereocenters. The summed E-state index contributed by atoms with van der Waals surface area (Å²) in [5.41, 5.74) is 0. The summed E-state index contributed by atoms with van der Waals surface area (Å²) in [4.78, 5) is 37.8. The summed E-state index contributed by atoms with van der Waals surface area (Å²) < 4.78 is 16.7. The van der Waals surface area contributed by atoms with Gasteiger partial charge in [0.2, 0.25) is 0 Å². The molecule has 0 aliphatic heterocycles. The molecular formula is C52H88O6. The predicted molar refractivity (Wildman–Crippen MR) is 247 cm³/mol. The highest BCUT2D eigenvalue weighted by Crippen LogP contribution is 2.15. The van der Waals surface area contributed by atoms with E-state index in [0.29, 0.717) is 19.3 Å². The van der Waals surface area contributed by atoms with Crippen molar-refractivity contribution in [3.05, 3.63) is 72.9 Å². The van der Waals surface area contributed by atoms with Gasteiger partial charge in [0.05, 0.1) is 0 Å². The first-order valence-corrected chi connectivity index (χ1v) is 24.0. The van der Waals surface area contributed by atoms with Gasteiger partial charge in [0.25, 0.3) is 0 Å². The zero-order valence-electron chi connectivity index (χ0n) is 37.8. The van der Waals surface area contributed by atoms with Crippen molar-refractivity contribution in [2.45, 2.75) is 226 Å². The van der Waals surface area contributed by atoms with Gasteiger partial charge < -0.3 is 14.2 Å². The second kappa shape index (κ2) is 46.5. The molecule has 0 bridgehead atoms. The van der Waals surface area contributed by atoms with E-state index in [0.717, 1.165) is 89.9 Å². The van der Waals surface area contributed by atoms with Gasteiger partial charge in [0.15, 0.2) is 6.10 Å². The van der Waals surface area contributed by atoms with Crippen molar-refractivity contribution >= 4 is 17.9 Å². The third kappa shape index (κ3) is 44.0. The van der Waals surface area contributed by atoms with Crippen LogP contribution in [0.15, 0.2) is 72.9 Å². The lowest BCUT2D eigenvalue weighted by molar-refractivity contribution is -0.167. The standard InChI is InChI=1S/C52H88O6/c1-4-7-10-13-16-19-22-24-25-26-28-30-33-36-39-42-45-51(54)57-48-49(47-56-50(53)44-41-38-35-32-29-21-18-15-12-9-6-3)58-52(55)46-43-40-37-34-31-27-23-20-17-14-11-8-5-2/h8-9,11-12,14,17-18,20-21,23,32,35,49H,4-7,10,13,15-16,19,22,24-31,33-34,36-48H2,1-3H3/b11-8-,12-9-,17-14-,21-18-,23-20-,35-32-. The van der Waals surface area contributed by atoms with Gasteiger partial charge in [-0.3, -0.25) is 14.4 Å². The Morgan fingerprint density at radius 3 is 1.29 bits per heavy atom. The fourth-order valence-electron chi connectivity index (χ4n) is 6.46. The molecule has 0 saturated heterocycles. The van der Waals surface area contributed by atoms with Crippen LogP contribution < -0.4 is 0 Å². The minimum absolute atomic E-state index is 0.0984. The van der Waals surface area contributed by atoms with E-state index >= 15 is 0 Å². The Balaban J connectivity index is 4.42. The predicted octanol–water partition coefficient (Wildman–Crippen LogP) is 15.5. The van der Waals surface area contributed by atoms with Crippen LogP contribution in [0, 0.1) is 0 Å². The zero-order valence-corrected chi connectivity index (χ0v) is 37.8. The van der Waals surface area contributed by atoms with E-state index in [4.69, 9.17) is 14.2 Å². The average Bonchev–Trinajstić information content (AvgIpc) is 3.22. The Morgan fingerprint density at radius 2 is 0.776 bits per heavy atom. The summed E-state index contributed by atoms with van der Waals surface area (Å²) in [6.07, 6.45) is 57.5. The third-order valence-corrected chi connectivity index (χ3v) is 10.0. The molecule has 0 heterocycles. The van der Waals surface area contributed by atoms with E-state index in [1.807, 2.05) is 0 Å². The van der Waals surface area contributed by atoms with Crippen LogP contribution in [0.3, 0.4) is 0 Å². The van der Waals surface area contributed by atoms with Gasteiger partial charge in [0, 0.05) is 19.3 Å². The van der Waals surface area contributed by atoms with Gasteiger partial charge in [-0.2, -0.15) is 0 Å². The molecule has 0 rings (SSSR count). The summed E-state index contributed by atoms with van der Waals surface area (Å²) in [6.45, 7) is 6.32. The van der Waals surface area contributed by atoms with Crippen LogP contribution in [0.1, 0.15) is 220 Å². The van der Waals surface area contributed by atoms with Crippen molar-refractivity contribution in [3.63, 3.8) is 0 Å². The molecule has 0 amide bonds. The summed E-state index contributed by atoms with van der Waals surface area (Å²) in [6, 6.07) is 0. The van der Waals surface area contributed by atoms with E-state index < -0.39 is 6.10 Å². The lowest BCUT2D eigenvalue weighted by Gasteiger charge is -2.18. The van der Waals surface area contributed by atoms with Gasteiger partial charge in [-0.05, 0) is 64.2 Å². The van der Waals surface area contributed by atoms with Crippen LogP contribution in [0.25, 0.3) is 0 Å². The molecule has 0 aromatic rings. The molecule has 0 fully saturated rings. The molecule has 0 spiro atoms. The third-order valence-electron chi connectivity index (χ3n) is 10.0. The van der Waals surface area contributed by atoms with Crippen molar-refractivity contribution in [2.24, 2.45) is 0 Å². The molecule has 0 saturated carbocycles. The lowest BCUT2D eigenvalue weighted by atomic mass is 10.0. The van der Waals surface area contributed by atoms with Gasteiger partial charge >= 0.3 is 17.9 Å². The molecule has 332 valence electrons. The Hall–Kier alpha value is -3.15. The van der Waals surface area contributed by atoms with Crippen LogP contribution in [0.2, 0.25) is 0 Å². The Bertz CT molecular complexity index is 1110. The quantitative estimate of drug-likeness (QED) is 0.0201. The van der Waals surface area contributed by atoms with Crippen molar-refractivity contribution in [3.8, 4) is 0 Å². The first-order valence-electron chi connectivity index (χ1n) is 24.0. The molecule has 6 heteroatoms. The molecule has 0 N–H and O–H groups in total. The van der Waals surface area contributed by atoms with Crippen LogP contribution in [-0.4, -0.2) is 37.2 Å². The minimum atomic E-state index is -0.802. The van der Waals surface area contributed by atoms with Crippen molar-refractivity contribution in [1.82, 2.24) is 0 Å². The highest BCUT2D eigenvalue weighted by Gasteiger charge is 2.19. The number of carbonyl (C=O) groups excluding carboxylic acids is 3. The maximum atomic E-state index is 12.7. The second-order valence-corrected chi connectivity index (χ2v) is 15.7. The minimum Gasteiger partial charge on any atom is -0.462 e. The monoisotopic (exact) mass is 809 g/mol. The molecule has 1 unspecified atom stereocenters. The van der Waals surface area contributed by atoms with E-state index in [1.165, 1.54) is 83.5 Å². The number of hydrogen-bond donors (Lipinski definition) is 0. The number of unbranched alkanes of at least 4 members (excludes halogenated alkanes) is 21. The van der Waals surface area contributed by atoms with Crippen LogP contribution in [0.4, 0.5) is 0 Å². The normalized spacial score (nSPS) is 12.7. The van der Waals surface area contributed by atoms with Crippen LogP contribution >= 0.6 is 0 Å². The number of allylic oxidation sites excluding steroid dienone is 12. The molecule has 0 radical (unpaired) electrons. The molecule has 58 heavy (non-hydrogen) atoms. The number of esters is 3. The Labute approximate surface area is 357 Å². The largest absolute Gasteiger partial charge is 0.462 e. The number of hydrogen-bond acceptors (Lipinski definition) is 6. The maximum Gasteiger partial charge on any atom is 0.306 e. The molecule has 0 aromatic heterocycles. The summed E-state index contributed by atoms with van der Waals surface area (Å²) in [5, 5.41) is 0. The fourth-order valence-corrected chi connectivity index (χ4v) is 6.46. The van der Waals surface area contributed by atoms with Crippen molar-refractivity contribution in [2.75, 3.05) is 13.2 Å². The SMILES string of the molecule is CC\C=C/C=C\C=C/CCCCCCCC(=O)OC(COC(=O)CCC/C=C\C/C=C\C/C=C\CC)COC(=O)CCCCCCCCCCCCCCCCCC. The fraction of sp³-hybridized carbons (Fsp3) is 0.712. The van der Waals surface area contributed by atoms with E-state index in [9.17, 15) is 14.4 Å². The van der Waals surface area contributed by atoms with Crippen molar-refractivity contribution < 1.29 is 28.6 Å². The smallest absolute Gasteiger partial charge is 0.306 e. The van der Waals surface area contributed by atoms with Crippen LogP contribution in [0.5, 0.6) is 0 Å². The second-order valence-electron chi connectivity index (χ2n) is 15.7. The van der Waals surface area contributed by atoms with Gasteiger partial charge in [-0.15, -0.1) is 0 Å². The van der Waals surface area contributed by atoms with Crippen LogP contribution in [-0.2, 0) is 28.6 Å².